The molecule has 6 heteroatoms. The van der Waals surface area contributed by atoms with Gasteiger partial charge in [-0.3, -0.25) is 10.2 Å². The third kappa shape index (κ3) is 4.08. The standard InChI is InChI=1S/C8H13N3OS2/c1-6-10-7(5-14-6)4-13-3-2-8(12)11-9/h5H,2-4,9H2,1H3,(H,11,12). The molecular weight excluding hydrogens is 218 g/mol. The molecule has 0 aromatic carbocycles. The van der Waals surface area contributed by atoms with Crippen LogP contribution in [0.4, 0.5) is 0 Å². The number of nitrogens with zero attached hydrogens (tertiary/aromatic N) is 1. The fourth-order valence-electron chi connectivity index (χ4n) is 0.888. The maximum Gasteiger partial charge on any atom is 0.234 e. The average Bonchev–Trinajstić information content (AvgIpc) is 2.58. The molecule has 0 aliphatic rings. The molecule has 0 aliphatic carbocycles. The molecule has 1 aromatic heterocycles. The number of carbonyl (C=O) groups excluding carboxylic acids is 1. The van der Waals surface area contributed by atoms with Crippen molar-refractivity contribution in [2.75, 3.05) is 5.75 Å². The molecule has 78 valence electrons. The summed E-state index contributed by atoms with van der Waals surface area (Å²) in [4.78, 5) is 15.1. The predicted octanol–water partition coefficient (Wildman–Crippen LogP) is 1.06. The second-order valence-electron chi connectivity index (χ2n) is 2.73. The van der Waals surface area contributed by atoms with Crippen molar-refractivity contribution >= 4 is 29.0 Å². The Morgan fingerprint density at radius 3 is 3.14 bits per heavy atom. The number of rotatable bonds is 5. The Labute approximate surface area is 91.3 Å². The zero-order valence-electron chi connectivity index (χ0n) is 7.95. The van der Waals surface area contributed by atoms with Gasteiger partial charge in [-0.15, -0.1) is 11.3 Å². The Morgan fingerprint density at radius 2 is 2.57 bits per heavy atom. The van der Waals surface area contributed by atoms with E-state index < -0.39 is 0 Å². The molecule has 0 atom stereocenters. The lowest BCUT2D eigenvalue weighted by Gasteiger charge is -1.98. The maximum absolute atomic E-state index is 10.8. The number of thiazole rings is 1. The van der Waals surface area contributed by atoms with E-state index in [1.165, 1.54) is 0 Å². The summed E-state index contributed by atoms with van der Waals surface area (Å²) < 4.78 is 0. The van der Waals surface area contributed by atoms with Crippen molar-refractivity contribution in [2.24, 2.45) is 5.84 Å². The molecule has 3 N–H and O–H groups in total. The molecule has 0 unspecified atom stereocenters. The van der Waals surface area contributed by atoms with Crippen LogP contribution >= 0.6 is 23.1 Å². The van der Waals surface area contributed by atoms with Gasteiger partial charge >= 0.3 is 0 Å². The molecule has 0 spiro atoms. The van der Waals surface area contributed by atoms with E-state index >= 15 is 0 Å². The van der Waals surface area contributed by atoms with Crippen LogP contribution in [-0.2, 0) is 10.5 Å². The van der Waals surface area contributed by atoms with Crippen molar-refractivity contribution in [2.45, 2.75) is 19.1 Å². The van der Waals surface area contributed by atoms with Crippen LogP contribution in [0.15, 0.2) is 5.38 Å². The van der Waals surface area contributed by atoms with Gasteiger partial charge in [-0.25, -0.2) is 10.8 Å². The Balaban J connectivity index is 2.13. The van der Waals surface area contributed by atoms with E-state index in [-0.39, 0.29) is 5.91 Å². The molecular formula is C8H13N3OS2. The number of amides is 1. The quantitative estimate of drug-likeness (QED) is 0.344. The first-order valence-electron chi connectivity index (χ1n) is 4.20. The summed E-state index contributed by atoms with van der Waals surface area (Å²) in [5, 5.41) is 3.13. The fraction of sp³-hybridized carbons (Fsp3) is 0.500. The van der Waals surface area contributed by atoms with Gasteiger partial charge in [0.2, 0.25) is 5.91 Å². The van der Waals surface area contributed by atoms with E-state index in [2.05, 4.69) is 10.4 Å². The van der Waals surface area contributed by atoms with Crippen LogP contribution in [-0.4, -0.2) is 16.6 Å². The highest BCUT2D eigenvalue weighted by atomic mass is 32.2. The number of hydrogen-bond donors (Lipinski definition) is 2. The lowest BCUT2D eigenvalue weighted by molar-refractivity contribution is -0.120. The topological polar surface area (TPSA) is 68.0 Å². The predicted molar refractivity (Wildman–Crippen MR) is 60.0 cm³/mol. The van der Waals surface area contributed by atoms with Gasteiger partial charge in [-0.05, 0) is 6.92 Å². The Kier molecular flexibility index (Phi) is 4.92. The smallest absolute Gasteiger partial charge is 0.234 e. The van der Waals surface area contributed by atoms with Gasteiger partial charge in [0, 0.05) is 23.3 Å². The van der Waals surface area contributed by atoms with E-state index in [0.29, 0.717) is 6.42 Å². The molecule has 0 bridgehead atoms. The second-order valence-corrected chi connectivity index (χ2v) is 4.90. The van der Waals surface area contributed by atoms with Gasteiger partial charge in [-0.1, -0.05) is 0 Å². The molecule has 1 heterocycles. The van der Waals surface area contributed by atoms with Crippen molar-refractivity contribution < 1.29 is 4.79 Å². The molecule has 4 nitrogen and oxygen atoms in total. The molecule has 1 amide bonds. The first-order valence-corrected chi connectivity index (χ1v) is 6.24. The number of thioether (sulfide) groups is 1. The summed E-state index contributed by atoms with van der Waals surface area (Å²) in [6.07, 6.45) is 0.463. The molecule has 0 aliphatic heterocycles. The molecule has 0 fully saturated rings. The highest BCUT2D eigenvalue weighted by Crippen LogP contribution is 2.15. The maximum atomic E-state index is 10.8. The van der Waals surface area contributed by atoms with Gasteiger partial charge in [0.05, 0.1) is 10.7 Å². The van der Waals surface area contributed by atoms with Gasteiger partial charge in [0.1, 0.15) is 0 Å². The van der Waals surface area contributed by atoms with Gasteiger partial charge in [0.25, 0.3) is 0 Å². The zero-order valence-corrected chi connectivity index (χ0v) is 9.58. The van der Waals surface area contributed by atoms with Gasteiger partial charge in [0.15, 0.2) is 0 Å². The van der Waals surface area contributed by atoms with E-state index in [1.807, 2.05) is 12.3 Å². The van der Waals surface area contributed by atoms with Crippen LogP contribution in [0.5, 0.6) is 0 Å². The Bertz CT molecular complexity index is 301. The minimum Gasteiger partial charge on any atom is -0.294 e. The van der Waals surface area contributed by atoms with Crippen molar-refractivity contribution in [3.63, 3.8) is 0 Å². The number of carbonyl (C=O) groups is 1. The van der Waals surface area contributed by atoms with Crippen LogP contribution in [0.3, 0.4) is 0 Å². The summed E-state index contributed by atoms with van der Waals surface area (Å²) in [7, 11) is 0. The summed E-state index contributed by atoms with van der Waals surface area (Å²) >= 11 is 3.34. The van der Waals surface area contributed by atoms with Crippen LogP contribution in [0.25, 0.3) is 0 Å². The second kappa shape index (κ2) is 6.00. The first kappa shape index (κ1) is 11.5. The minimum atomic E-state index is -0.119. The van der Waals surface area contributed by atoms with E-state index in [0.717, 1.165) is 22.2 Å². The summed E-state index contributed by atoms with van der Waals surface area (Å²) in [6.45, 7) is 1.99. The first-order chi connectivity index (χ1) is 6.72. The van der Waals surface area contributed by atoms with Crippen LogP contribution in [0, 0.1) is 6.92 Å². The molecule has 1 rings (SSSR count). The van der Waals surface area contributed by atoms with Crippen molar-refractivity contribution in [3.8, 4) is 0 Å². The van der Waals surface area contributed by atoms with E-state index in [1.54, 1.807) is 23.1 Å². The number of aryl methyl sites for hydroxylation is 1. The lowest BCUT2D eigenvalue weighted by Crippen LogP contribution is -2.30. The van der Waals surface area contributed by atoms with Crippen LogP contribution in [0.1, 0.15) is 17.1 Å². The number of nitrogens with two attached hydrogens (primary N) is 1. The highest BCUT2D eigenvalue weighted by Gasteiger charge is 2.00. The van der Waals surface area contributed by atoms with E-state index in [9.17, 15) is 4.79 Å². The fourth-order valence-corrected chi connectivity index (χ4v) is 2.44. The van der Waals surface area contributed by atoms with Crippen LogP contribution < -0.4 is 11.3 Å². The Hall–Kier alpha value is -0.590. The summed E-state index contributed by atoms with van der Waals surface area (Å²) in [5.74, 6) is 6.47. The molecule has 0 radical (unpaired) electrons. The largest absolute Gasteiger partial charge is 0.294 e. The van der Waals surface area contributed by atoms with Crippen molar-refractivity contribution in [1.29, 1.82) is 0 Å². The van der Waals surface area contributed by atoms with Crippen LogP contribution in [0.2, 0.25) is 0 Å². The summed E-state index contributed by atoms with van der Waals surface area (Å²) in [5.41, 5.74) is 3.19. The molecule has 14 heavy (non-hydrogen) atoms. The molecule has 1 aromatic rings. The van der Waals surface area contributed by atoms with Crippen molar-refractivity contribution in [1.82, 2.24) is 10.4 Å². The van der Waals surface area contributed by atoms with Gasteiger partial charge < -0.3 is 0 Å². The monoisotopic (exact) mass is 231 g/mol. The van der Waals surface area contributed by atoms with Gasteiger partial charge in [-0.2, -0.15) is 11.8 Å². The number of aromatic nitrogens is 1. The number of nitrogens with one attached hydrogen (secondary N) is 1. The molecule has 0 saturated carbocycles. The SMILES string of the molecule is Cc1nc(CSCCC(=O)NN)cs1. The lowest BCUT2D eigenvalue weighted by atomic mass is 10.5. The minimum absolute atomic E-state index is 0.119. The normalized spacial score (nSPS) is 10.1. The Morgan fingerprint density at radius 1 is 1.79 bits per heavy atom. The third-order valence-corrected chi connectivity index (χ3v) is 3.37. The number of hydrazine groups is 1. The van der Waals surface area contributed by atoms with E-state index in [4.69, 9.17) is 5.84 Å². The summed E-state index contributed by atoms with van der Waals surface area (Å²) in [6, 6.07) is 0. The van der Waals surface area contributed by atoms with Crippen molar-refractivity contribution in [3.05, 3.63) is 16.1 Å². The third-order valence-electron chi connectivity index (χ3n) is 1.55. The zero-order chi connectivity index (χ0) is 10.4. The number of hydrogen-bond acceptors (Lipinski definition) is 5. The average molecular weight is 231 g/mol. The molecule has 0 saturated heterocycles. The highest BCUT2D eigenvalue weighted by molar-refractivity contribution is 7.98.